The van der Waals surface area contributed by atoms with Crippen molar-refractivity contribution in [3.05, 3.63) is 63.7 Å². The zero-order valence-electron chi connectivity index (χ0n) is 11.5. The highest BCUT2D eigenvalue weighted by molar-refractivity contribution is 6.04. The van der Waals surface area contributed by atoms with E-state index in [0.717, 1.165) is 0 Å². The molecule has 3 N–H and O–H groups in total. The second-order valence-electron chi connectivity index (χ2n) is 4.53. The zero-order valence-corrected chi connectivity index (χ0v) is 11.5. The van der Waals surface area contributed by atoms with E-state index in [0.29, 0.717) is 28.9 Å². The maximum absolute atomic E-state index is 12.0. The van der Waals surface area contributed by atoms with Gasteiger partial charge in [0, 0.05) is 28.6 Å². The van der Waals surface area contributed by atoms with Gasteiger partial charge in [-0.2, -0.15) is 0 Å². The lowest BCUT2D eigenvalue weighted by molar-refractivity contribution is -0.385. The number of nitro groups is 1. The Kier molecular flexibility index (Phi) is 4.18. The molecule has 0 aromatic heterocycles. The van der Waals surface area contributed by atoms with Crippen molar-refractivity contribution in [2.75, 3.05) is 11.1 Å². The first-order valence-corrected chi connectivity index (χ1v) is 6.45. The molecule has 0 unspecified atom stereocenters. The quantitative estimate of drug-likeness (QED) is 0.512. The van der Waals surface area contributed by atoms with Crippen LogP contribution >= 0.6 is 0 Å². The van der Waals surface area contributed by atoms with Gasteiger partial charge in [-0.25, -0.2) is 0 Å². The number of carbonyl (C=O) groups is 1. The third kappa shape index (κ3) is 3.36. The molecule has 2 rings (SSSR count). The van der Waals surface area contributed by atoms with E-state index in [1.54, 1.807) is 36.4 Å². The van der Waals surface area contributed by atoms with E-state index in [9.17, 15) is 14.9 Å². The number of benzene rings is 2. The van der Waals surface area contributed by atoms with Gasteiger partial charge in [0.2, 0.25) is 0 Å². The highest BCUT2D eigenvalue weighted by Gasteiger charge is 2.14. The van der Waals surface area contributed by atoms with Crippen molar-refractivity contribution in [3.63, 3.8) is 0 Å². The van der Waals surface area contributed by atoms with E-state index in [-0.39, 0.29) is 11.6 Å². The van der Waals surface area contributed by atoms with Gasteiger partial charge in [0.05, 0.1) is 4.92 Å². The Morgan fingerprint density at radius 3 is 2.48 bits per heavy atom. The summed E-state index contributed by atoms with van der Waals surface area (Å²) in [7, 11) is 0. The number of anilines is 2. The van der Waals surface area contributed by atoms with Crippen LogP contribution in [0.5, 0.6) is 0 Å². The van der Waals surface area contributed by atoms with E-state index in [1.165, 1.54) is 6.07 Å². The van der Waals surface area contributed by atoms with Crippen molar-refractivity contribution in [3.8, 4) is 0 Å². The summed E-state index contributed by atoms with van der Waals surface area (Å²) in [5.41, 5.74) is 7.59. The van der Waals surface area contributed by atoms with Crippen molar-refractivity contribution in [1.82, 2.24) is 0 Å². The molecule has 0 atom stereocenters. The number of rotatable bonds is 4. The molecule has 2 aromatic rings. The number of carbonyl (C=O) groups excluding carboxylic acids is 1. The highest BCUT2D eigenvalue weighted by atomic mass is 16.6. The predicted molar refractivity (Wildman–Crippen MR) is 81.3 cm³/mol. The second kappa shape index (κ2) is 6.04. The normalized spacial score (nSPS) is 10.1. The minimum absolute atomic E-state index is 0.00704. The van der Waals surface area contributed by atoms with Crippen LogP contribution in [0, 0.1) is 10.1 Å². The smallest absolute Gasteiger partial charge is 0.274 e. The van der Waals surface area contributed by atoms with Crippen LogP contribution in [-0.4, -0.2) is 10.8 Å². The fourth-order valence-electron chi connectivity index (χ4n) is 1.95. The molecule has 1 amide bonds. The summed E-state index contributed by atoms with van der Waals surface area (Å²) < 4.78 is 0. The number of nitrogens with one attached hydrogen (secondary N) is 1. The third-order valence-corrected chi connectivity index (χ3v) is 3.09. The molecule has 0 aliphatic carbocycles. The minimum Gasteiger partial charge on any atom is -0.399 e. The van der Waals surface area contributed by atoms with Crippen LogP contribution in [0.1, 0.15) is 22.8 Å². The number of nitrogens with zero attached hydrogens (tertiary/aromatic N) is 1. The molecule has 0 fully saturated rings. The van der Waals surface area contributed by atoms with Crippen molar-refractivity contribution < 1.29 is 9.72 Å². The Labute approximate surface area is 121 Å². The van der Waals surface area contributed by atoms with E-state index < -0.39 is 4.92 Å². The zero-order chi connectivity index (χ0) is 15.4. The van der Waals surface area contributed by atoms with Crippen LogP contribution in [0.15, 0.2) is 42.5 Å². The number of nitro benzene ring substituents is 1. The average Bonchev–Trinajstić information content (AvgIpc) is 2.47. The Balaban J connectivity index is 2.23. The average molecular weight is 285 g/mol. The molecule has 21 heavy (non-hydrogen) atoms. The minimum atomic E-state index is -0.447. The van der Waals surface area contributed by atoms with Gasteiger partial charge >= 0.3 is 0 Å². The molecule has 0 aliphatic heterocycles. The first-order valence-electron chi connectivity index (χ1n) is 6.45. The second-order valence-corrected chi connectivity index (χ2v) is 4.53. The van der Waals surface area contributed by atoms with Gasteiger partial charge in [-0.1, -0.05) is 13.0 Å². The molecule has 6 heteroatoms. The molecule has 0 radical (unpaired) electrons. The Morgan fingerprint density at radius 1 is 1.24 bits per heavy atom. The summed E-state index contributed by atoms with van der Waals surface area (Å²) in [6.07, 6.45) is 0.558. The van der Waals surface area contributed by atoms with E-state index in [1.807, 2.05) is 6.92 Å². The molecule has 0 saturated carbocycles. The van der Waals surface area contributed by atoms with Crippen LogP contribution in [0.3, 0.4) is 0 Å². The van der Waals surface area contributed by atoms with Gasteiger partial charge < -0.3 is 11.1 Å². The Hall–Kier alpha value is -2.89. The molecule has 2 aromatic carbocycles. The van der Waals surface area contributed by atoms with Crippen LogP contribution in [-0.2, 0) is 6.42 Å². The van der Waals surface area contributed by atoms with Crippen LogP contribution in [0.4, 0.5) is 17.1 Å². The van der Waals surface area contributed by atoms with Crippen LogP contribution in [0.25, 0.3) is 0 Å². The fourth-order valence-corrected chi connectivity index (χ4v) is 1.95. The first kappa shape index (κ1) is 14.5. The summed E-state index contributed by atoms with van der Waals surface area (Å²) in [6.45, 7) is 1.84. The Bertz CT molecular complexity index is 681. The number of aryl methyl sites for hydroxylation is 1. The predicted octanol–water partition coefficient (Wildman–Crippen LogP) is 2.99. The summed E-state index contributed by atoms with van der Waals surface area (Å²) in [4.78, 5) is 22.6. The Morgan fingerprint density at radius 2 is 1.90 bits per heavy atom. The summed E-state index contributed by atoms with van der Waals surface area (Å²) in [5, 5.41) is 13.6. The fraction of sp³-hybridized carbons (Fsp3) is 0.133. The van der Waals surface area contributed by atoms with Gasteiger partial charge in [0.1, 0.15) is 0 Å². The molecule has 0 spiro atoms. The number of amides is 1. The van der Waals surface area contributed by atoms with Gasteiger partial charge in [-0.3, -0.25) is 14.9 Å². The van der Waals surface area contributed by atoms with Crippen LogP contribution in [0.2, 0.25) is 0 Å². The van der Waals surface area contributed by atoms with Gasteiger partial charge in [0.25, 0.3) is 11.6 Å². The van der Waals surface area contributed by atoms with Crippen molar-refractivity contribution >= 4 is 23.0 Å². The number of nitrogens with two attached hydrogens (primary N) is 1. The summed E-state index contributed by atoms with van der Waals surface area (Å²) in [5.74, 6) is -0.339. The van der Waals surface area contributed by atoms with E-state index in [2.05, 4.69) is 5.32 Å². The molecular formula is C15H15N3O3. The van der Waals surface area contributed by atoms with Gasteiger partial charge in [-0.15, -0.1) is 0 Å². The molecule has 6 nitrogen and oxygen atoms in total. The first-order chi connectivity index (χ1) is 10.0. The topological polar surface area (TPSA) is 98.3 Å². The lowest BCUT2D eigenvalue weighted by atomic mass is 10.1. The molecule has 108 valence electrons. The number of hydrogen-bond acceptors (Lipinski definition) is 4. The van der Waals surface area contributed by atoms with Crippen LogP contribution < -0.4 is 11.1 Å². The molecular weight excluding hydrogens is 270 g/mol. The monoisotopic (exact) mass is 285 g/mol. The molecule has 0 aliphatic rings. The van der Waals surface area contributed by atoms with E-state index >= 15 is 0 Å². The van der Waals surface area contributed by atoms with Gasteiger partial charge in [0.15, 0.2) is 0 Å². The third-order valence-electron chi connectivity index (χ3n) is 3.09. The standard InChI is InChI=1S/C15H15N3O3/c1-2-10-5-8-13(9-14(10)18(20)21)17-15(19)11-3-6-12(16)7-4-11/h3-9H,2,16H2,1H3,(H,17,19). The SMILES string of the molecule is CCc1ccc(NC(=O)c2ccc(N)cc2)cc1[N+](=O)[O-]. The molecule has 0 bridgehead atoms. The van der Waals surface area contributed by atoms with E-state index in [4.69, 9.17) is 5.73 Å². The van der Waals surface area contributed by atoms with Crippen molar-refractivity contribution in [2.24, 2.45) is 0 Å². The number of nitrogen functional groups attached to an aromatic ring is 1. The highest BCUT2D eigenvalue weighted by Crippen LogP contribution is 2.24. The summed E-state index contributed by atoms with van der Waals surface area (Å²) >= 11 is 0. The molecule has 0 heterocycles. The van der Waals surface area contributed by atoms with Crippen molar-refractivity contribution in [1.29, 1.82) is 0 Å². The maximum Gasteiger partial charge on any atom is 0.274 e. The largest absolute Gasteiger partial charge is 0.399 e. The van der Waals surface area contributed by atoms with Gasteiger partial charge in [-0.05, 0) is 36.8 Å². The lowest BCUT2D eigenvalue weighted by Gasteiger charge is -2.07. The lowest BCUT2D eigenvalue weighted by Crippen LogP contribution is -2.12. The van der Waals surface area contributed by atoms with Crippen molar-refractivity contribution in [2.45, 2.75) is 13.3 Å². The summed E-state index contributed by atoms with van der Waals surface area (Å²) in [6, 6.07) is 11.1. The maximum atomic E-state index is 12.0. The number of hydrogen-bond donors (Lipinski definition) is 2. The molecule has 0 saturated heterocycles.